The Morgan fingerprint density at radius 3 is 2.96 bits per heavy atom. The van der Waals surface area contributed by atoms with Crippen LogP contribution in [0.2, 0.25) is 0 Å². The average Bonchev–Trinajstić information content (AvgIpc) is 3.05. The smallest absolute Gasteiger partial charge is 0.181 e. The van der Waals surface area contributed by atoms with Gasteiger partial charge in [-0.25, -0.2) is 4.98 Å². The van der Waals surface area contributed by atoms with Crippen LogP contribution in [0.15, 0.2) is 36.5 Å². The Hall–Kier alpha value is -2.24. The van der Waals surface area contributed by atoms with Crippen LogP contribution < -0.4 is 0 Å². The van der Waals surface area contributed by atoms with Gasteiger partial charge in [0.15, 0.2) is 5.65 Å². The molecular formula is C21H24N4O. The molecule has 1 aromatic carbocycles. The number of nitrogens with zero attached hydrogens (tertiary/aromatic N) is 3. The number of likely N-dealkylation sites (tertiary alicyclic amines) is 1. The Morgan fingerprint density at radius 2 is 2.08 bits per heavy atom. The molecule has 0 bridgehead atoms. The molecule has 5 nitrogen and oxygen atoms in total. The molecule has 3 aromatic rings. The highest BCUT2D eigenvalue weighted by Crippen LogP contribution is 2.41. The van der Waals surface area contributed by atoms with Crippen LogP contribution in [0.4, 0.5) is 0 Å². The molecule has 2 aliphatic rings. The van der Waals surface area contributed by atoms with Gasteiger partial charge in [0.2, 0.25) is 0 Å². The number of rotatable bonds is 2. The van der Waals surface area contributed by atoms with E-state index in [0.29, 0.717) is 0 Å². The number of nitrogens with one attached hydrogen (secondary N) is 1. The van der Waals surface area contributed by atoms with E-state index in [-0.39, 0.29) is 5.60 Å². The van der Waals surface area contributed by atoms with Crippen molar-refractivity contribution in [3.63, 3.8) is 0 Å². The molecule has 1 spiro atoms. The highest BCUT2D eigenvalue weighted by Gasteiger charge is 2.40. The van der Waals surface area contributed by atoms with Gasteiger partial charge in [-0.05, 0) is 48.9 Å². The largest absolute Gasteiger partial charge is 0.370 e. The third kappa shape index (κ3) is 2.63. The van der Waals surface area contributed by atoms with Crippen LogP contribution in [0.5, 0.6) is 0 Å². The highest BCUT2D eigenvalue weighted by atomic mass is 16.5. The molecule has 2 aliphatic heterocycles. The van der Waals surface area contributed by atoms with Gasteiger partial charge in [0.05, 0.1) is 12.2 Å². The van der Waals surface area contributed by atoms with Crippen molar-refractivity contribution < 1.29 is 4.74 Å². The van der Waals surface area contributed by atoms with E-state index in [1.54, 1.807) is 0 Å². The summed E-state index contributed by atoms with van der Waals surface area (Å²) in [6.07, 6.45) is 5.12. The summed E-state index contributed by atoms with van der Waals surface area (Å²) in [7, 11) is 0. The zero-order valence-electron chi connectivity index (χ0n) is 15.2. The van der Waals surface area contributed by atoms with Gasteiger partial charge in [-0.2, -0.15) is 5.10 Å². The predicted molar refractivity (Wildman–Crippen MR) is 101 cm³/mol. The Morgan fingerprint density at radius 1 is 1.23 bits per heavy atom. The van der Waals surface area contributed by atoms with E-state index in [0.717, 1.165) is 62.2 Å². The Bertz CT molecular complexity index is 940. The quantitative estimate of drug-likeness (QED) is 0.772. The van der Waals surface area contributed by atoms with Gasteiger partial charge >= 0.3 is 0 Å². The first kappa shape index (κ1) is 16.0. The van der Waals surface area contributed by atoms with Crippen LogP contribution in [0.25, 0.3) is 11.0 Å². The van der Waals surface area contributed by atoms with Crippen molar-refractivity contribution in [3.8, 4) is 0 Å². The number of piperidine rings is 1. The van der Waals surface area contributed by atoms with Crippen molar-refractivity contribution in [2.45, 2.75) is 38.3 Å². The molecule has 5 rings (SSSR count). The van der Waals surface area contributed by atoms with Crippen molar-refractivity contribution >= 4 is 11.0 Å². The molecule has 0 unspecified atom stereocenters. The summed E-state index contributed by atoms with van der Waals surface area (Å²) >= 11 is 0. The summed E-state index contributed by atoms with van der Waals surface area (Å²) in [6, 6.07) is 11.0. The lowest BCUT2D eigenvalue weighted by molar-refractivity contribution is -0.0989. The Balaban J connectivity index is 1.32. The van der Waals surface area contributed by atoms with Gasteiger partial charge in [-0.15, -0.1) is 0 Å². The number of H-pyrrole nitrogens is 1. The molecule has 0 amide bonds. The van der Waals surface area contributed by atoms with Crippen LogP contribution in [0, 0.1) is 6.92 Å². The number of hydrogen-bond donors (Lipinski definition) is 1. The van der Waals surface area contributed by atoms with Crippen molar-refractivity contribution in [1.82, 2.24) is 20.1 Å². The molecule has 0 radical (unpaired) electrons. The number of aryl methyl sites for hydroxylation is 1. The lowest BCUT2D eigenvalue weighted by Crippen LogP contribution is -2.46. The number of benzene rings is 1. The fraction of sp³-hybridized carbons (Fsp3) is 0.429. The fourth-order valence-electron chi connectivity index (χ4n) is 4.51. The first-order chi connectivity index (χ1) is 12.7. The van der Waals surface area contributed by atoms with Gasteiger partial charge in [0.25, 0.3) is 0 Å². The second-order valence-corrected chi connectivity index (χ2v) is 7.59. The summed E-state index contributed by atoms with van der Waals surface area (Å²) < 4.78 is 6.34. The summed E-state index contributed by atoms with van der Waals surface area (Å²) in [6.45, 7) is 5.93. The van der Waals surface area contributed by atoms with Crippen molar-refractivity contribution in [2.24, 2.45) is 0 Å². The maximum Gasteiger partial charge on any atom is 0.181 e. The van der Waals surface area contributed by atoms with E-state index in [1.807, 2.05) is 13.1 Å². The van der Waals surface area contributed by atoms with Gasteiger partial charge in [0, 0.05) is 36.9 Å². The molecule has 4 heterocycles. The maximum absolute atomic E-state index is 6.34. The summed E-state index contributed by atoms with van der Waals surface area (Å²) in [5.41, 5.74) is 5.95. The van der Waals surface area contributed by atoms with Gasteiger partial charge in [-0.3, -0.25) is 10.00 Å². The number of ether oxygens (including phenoxy) is 1. The Kier molecular flexibility index (Phi) is 3.80. The van der Waals surface area contributed by atoms with E-state index in [4.69, 9.17) is 4.74 Å². The van der Waals surface area contributed by atoms with E-state index in [1.165, 1.54) is 16.7 Å². The van der Waals surface area contributed by atoms with Crippen LogP contribution in [0.3, 0.4) is 0 Å². The lowest BCUT2D eigenvalue weighted by atomic mass is 9.79. The van der Waals surface area contributed by atoms with Gasteiger partial charge in [0.1, 0.15) is 0 Å². The molecule has 1 saturated heterocycles. The third-order valence-electron chi connectivity index (χ3n) is 5.98. The molecule has 0 aliphatic carbocycles. The zero-order chi connectivity index (χ0) is 17.6. The lowest BCUT2D eigenvalue weighted by Gasteiger charge is -2.45. The molecule has 134 valence electrons. The van der Waals surface area contributed by atoms with Crippen molar-refractivity contribution in [3.05, 3.63) is 58.9 Å². The second kappa shape index (κ2) is 6.18. The monoisotopic (exact) mass is 348 g/mol. The minimum absolute atomic E-state index is 0.0747. The number of aromatic nitrogens is 3. The topological polar surface area (TPSA) is 54.0 Å². The molecule has 0 saturated carbocycles. The highest BCUT2D eigenvalue weighted by molar-refractivity contribution is 5.77. The SMILES string of the molecule is Cc1[nH]nc2ncc(CN3CCC4(CC3)OCCc3ccccc34)cc12. The van der Waals surface area contributed by atoms with E-state index >= 15 is 0 Å². The average molecular weight is 348 g/mol. The minimum Gasteiger partial charge on any atom is -0.370 e. The third-order valence-corrected chi connectivity index (χ3v) is 5.98. The van der Waals surface area contributed by atoms with Gasteiger partial charge in [-0.1, -0.05) is 24.3 Å². The first-order valence-electron chi connectivity index (χ1n) is 9.48. The van der Waals surface area contributed by atoms with Crippen LogP contribution >= 0.6 is 0 Å². The molecule has 1 fully saturated rings. The van der Waals surface area contributed by atoms with Crippen molar-refractivity contribution in [1.29, 1.82) is 0 Å². The van der Waals surface area contributed by atoms with Crippen LogP contribution in [-0.2, 0) is 23.3 Å². The second-order valence-electron chi connectivity index (χ2n) is 7.59. The van der Waals surface area contributed by atoms with E-state index < -0.39 is 0 Å². The molecule has 5 heteroatoms. The molecule has 26 heavy (non-hydrogen) atoms. The standard InChI is InChI=1S/C21H24N4O/c1-15-18-12-16(13-22-20(18)24-23-15)14-25-9-7-21(8-10-25)19-5-3-2-4-17(19)6-11-26-21/h2-5,12-13H,6-11,14H2,1H3,(H,22,23,24). The van der Waals surface area contributed by atoms with Crippen LogP contribution in [-0.4, -0.2) is 39.8 Å². The zero-order valence-corrected chi connectivity index (χ0v) is 15.2. The van der Waals surface area contributed by atoms with E-state index in [9.17, 15) is 0 Å². The molecule has 1 N–H and O–H groups in total. The molecule has 2 aromatic heterocycles. The normalized spacial score (nSPS) is 19.7. The van der Waals surface area contributed by atoms with E-state index in [2.05, 4.69) is 50.4 Å². The number of pyridine rings is 1. The summed E-state index contributed by atoms with van der Waals surface area (Å²) in [5.74, 6) is 0. The first-order valence-corrected chi connectivity index (χ1v) is 9.48. The van der Waals surface area contributed by atoms with Crippen molar-refractivity contribution in [2.75, 3.05) is 19.7 Å². The van der Waals surface area contributed by atoms with Gasteiger partial charge < -0.3 is 4.74 Å². The number of fused-ring (bicyclic) bond motifs is 3. The van der Waals surface area contributed by atoms with Crippen LogP contribution in [0.1, 0.15) is 35.2 Å². The maximum atomic E-state index is 6.34. The summed E-state index contributed by atoms with van der Waals surface area (Å²) in [5, 5.41) is 8.36. The number of hydrogen-bond acceptors (Lipinski definition) is 4. The predicted octanol–water partition coefficient (Wildman–Crippen LogP) is 3.33. The minimum atomic E-state index is -0.0747. The summed E-state index contributed by atoms with van der Waals surface area (Å²) in [4.78, 5) is 7.00. The molecular weight excluding hydrogens is 324 g/mol. The number of aromatic amines is 1. The fourth-order valence-corrected chi connectivity index (χ4v) is 4.51. The molecule has 0 atom stereocenters. The Labute approximate surface area is 153 Å².